The van der Waals surface area contributed by atoms with Gasteiger partial charge in [0.1, 0.15) is 0 Å². The third-order valence-corrected chi connectivity index (χ3v) is 3.46. The van der Waals surface area contributed by atoms with Crippen LogP contribution in [0.2, 0.25) is 0 Å². The fraction of sp³-hybridized carbons (Fsp3) is 0.250. The van der Waals surface area contributed by atoms with Gasteiger partial charge in [-0.1, -0.05) is 23.8 Å². The number of imidazole rings is 1. The molecule has 3 rings (SSSR count). The van der Waals surface area contributed by atoms with Crippen molar-refractivity contribution in [1.82, 2.24) is 14.4 Å². The highest BCUT2D eigenvalue weighted by Gasteiger charge is 2.07. The third-order valence-electron chi connectivity index (χ3n) is 3.46. The first-order chi connectivity index (χ1) is 9.67. The smallest absolute Gasteiger partial charge is 0.233 e. The second-order valence-electron chi connectivity index (χ2n) is 5.14. The fourth-order valence-corrected chi connectivity index (χ4v) is 2.39. The van der Waals surface area contributed by atoms with Crippen LogP contribution in [0.25, 0.3) is 16.9 Å². The summed E-state index contributed by atoms with van der Waals surface area (Å²) >= 11 is 0. The number of hydrogen-bond donors (Lipinski definition) is 1. The molecule has 0 saturated carbocycles. The lowest BCUT2D eigenvalue weighted by Crippen LogP contribution is -2.02. The summed E-state index contributed by atoms with van der Waals surface area (Å²) in [6, 6.07) is 6.46. The summed E-state index contributed by atoms with van der Waals surface area (Å²) in [4.78, 5) is 8.89. The van der Waals surface area contributed by atoms with Gasteiger partial charge in [-0.25, -0.2) is 9.97 Å². The monoisotopic (exact) mass is 266 g/mol. The summed E-state index contributed by atoms with van der Waals surface area (Å²) in [5, 5.41) is 0. The van der Waals surface area contributed by atoms with E-state index in [1.165, 1.54) is 16.7 Å². The largest absolute Gasteiger partial charge is 0.330 e. The van der Waals surface area contributed by atoms with Crippen molar-refractivity contribution in [3.05, 3.63) is 53.6 Å². The summed E-state index contributed by atoms with van der Waals surface area (Å²) < 4.78 is 1.97. The van der Waals surface area contributed by atoms with E-state index in [2.05, 4.69) is 48.2 Å². The van der Waals surface area contributed by atoms with E-state index in [1.54, 1.807) is 0 Å². The Morgan fingerprint density at radius 1 is 1.20 bits per heavy atom. The molecule has 0 fully saturated rings. The van der Waals surface area contributed by atoms with E-state index in [0.717, 1.165) is 23.5 Å². The summed E-state index contributed by atoms with van der Waals surface area (Å²) in [6.07, 6.45) is 6.75. The Balaban J connectivity index is 2.10. The summed E-state index contributed by atoms with van der Waals surface area (Å²) in [6.45, 7) is 4.83. The Morgan fingerprint density at radius 3 is 2.85 bits per heavy atom. The van der Waals surface area contributed by atoms with Crippen LogP contribution < -0.4 is 5.73 Å². The minimum atomic E-state index is 0.605. The minimum Gasteiger partial charge on any atom is -0.330 e. The van der Waals surface area contributed by atoms with E-state index in [1.807, 2.05) is 16.8 Å². The third kappa shape index (κ3) is 2.30. The molecule has 0 aliphatic carbocycles. The minimum absolute atomic E-state index is 0.605. The molecule has 2 N–H and O–H groups in total. The molecule has 2 aromatic heterocycles. The number of aromatic nitrogens is 3. The molecule has 0 saturated heterocycles. The van der Waals surface area contributed by atoms with Gasteiger partial charge in [-0.05, 0) is 31.5 Å². The normalized spacial score (nSPS) is 11.2. The number of nitrogens with zero attached hydrogens (tertiary/aromatic N) is 3. The quantitative estimate of drug-likeness (QED) is 0.792. The van der Waals surface area contributed by atoms with Gasteiger partial charge in [0.2, 0.25) is 5.78 Å². The highest BCUT2D eigenvalue weighted by Crippen LogP contribution is 2.24. The Bertz CT molecular complexity index is 758. The predicted molar refractivity (Wildman–Crippen MR) is 80.7 cm³/mol. The zero-order valence-corrected chi connectivity index (χ0v) is 11.8. The standard InChI is InChI=1S/C16H18N4/c1-11-3-4-12(2)15(7-11)13-8-18-16-19-14(5-6-17)10-20(16)9-13/h3-4,7-10H,5-6,17H2,1-2H3. The van der Waals surface area contributed by atoms with Crippen LogP contribution in [-0.4, -0.2) is 20.9 Å². The van der Waals surface area contributed by atoms with Crippen LogP contribution in [-0.2, 0) is 6.42 Å². The maximum absolute atomic E-state index is 5.57. The van der Waals surface area contributed by atoms with Crippen molar-refractivity contribution in [3.8, 4) is 11.1 Å². The summed E-state index contributed by atoms with van der Waals surface area (Å²) in [5.41, 5.74) is 11.4. The number of rotatable bonds is 3. The molecule has 0 bridgehead atoms. The fourth-order valence-electron chi connectivity index (χ4n) is 2.39. The molecule has 0 atom stereocenters. The lowest BCUT2D eigenvalue weighted by atomic mass is 10.0. The topological polar surface area (TPSA) is 56.2 Å². The van der Waals surface area contributed by atoms with Crippen LogP contribution in [0.1, 0.15) is 16.8 Å². The second kappa shape index (κ2) is 5.06. The molecule has 2 heterocycles. The van der Waals surface area contributed by atoms with E-state index >= 15 is 0 Å². The lowest BCUT2D eigenvalue weighted by molar-refractivity contribution is 0.936. The highest BCUT2D eigenvalue weighted by molar-refractivity contribution is 5.67. The van der Waals surface area contributed by atoms with Gasteiger partial charge in [0, 0.05) is 30.6 Å². The zero-order valence-electron chi connectivity index (χ0n) is 11.8. The van der Waals surface area contributed by atoms with Crippen LogP contribution in [0, 0.1) is 13.8 Å². The van der Waals surface area contributed by atoms with Crippen LogP contribution in [0.4, 0.5) is 0 Å². The molecular weight excluding hydrogens is 248 g/mol. The average Bonchev–Trinajstić information content (AvgIpc) is 2.83. The number of benzene rings is 1. The van der Waals surface area contributed by atoms with Crippen molar-refractivity contribution in [2.24, 2.45) is 5.73 Å². The van der Waals surface area contributed by atoms with Gasteiger partial charge in [-0.2, -0.15) is 0 Å². The van der Waals surface area contributed by atoms with Gasteiger partial charge in [0.25, 0.3) is 0 Å². The summed E-state index contributed by atoms with van der Waals surface area (Å²) in [5.74, 6) is 0.725. The number of hydrogen-bond acceptors (Lipinski definition) is 3. The molecule has 0 aliphatic heterocycles. The van der Waals surface area contributed by atoms with Crippen LogP contribution in [0.15, 0.2) is 36.8 Å². The second-order valence-corrected chi connectivity index (χ2v) is 5.14. The molecule has 0 aliphatic rings. The van der Waals surface area contributed by atoms with E-state index in [-0.39, 0.29) is 0 Å². The Hall–Kier alpha value is -2.20. The van der Waals surface area contributed by atoms with Gasteiger partial charge in [-0.15, -0.1) is 0 Å². The van der Waals surface area contributed by atoms with Crippen molar-refractivity contribution < 1.29 is 0 Å². The van der Waals surface area contributed by atoms with E-state index < -0.39 is 0 Å². The maximum atomic E-state index is 5.57. The Morgan fingerprint density at radius 2 is 2.05 bits per heavy atom. The van der Waals surface area contributed by atoms with Crippen LogP contribution in [0.5, 0.6) is 0 Å². The number of fused-ring (bicyclic) bond motifs is 1. The first-order valence-electron chi connectivity index (χ1n) is 6.78. The SMILES string of the molecule is Cc1ccc(C)c(-c2cnc3nc(CCN)cn3c2)c1. The van der Waals surface area contributed by atoms with Crippen LogP contribution >= 0.6 is 0 Å². The van der Waals surface area contributed by atoms with Gasteiger partial charge in [0.05, 0.1) is 5.69 Å². The van der Waals surface area contributed by atoms with Gasteiger partial charge < -0.3 is 5.73 Å². The van der Waals surface area contributed by atoms with Gasteiger partial charge in [0.15, 0.2) is 0 Å². The molecule has 4 nitrogen and oxygen atoms in total. The van der Waals surface area contributed by atoms with E-state index in [9.17, 15) is 0 Å². The van der Waals surface area contributed by atoms with Crippen molar-refractivity contribution in [1.29, 1.82) is 0 Å². The van der Waals surface area contributed by atoms with Gasteiger partial charge >= 0.3 is 0 Å². The zero-order chi connectivity index (χ0) is 14.1. The number of nitrogens with two attached hydrogens (primary N) is 1. The molecule has 0 radical (unpaired) electrons. The maximum Gasteiger partial charge on any atom is 0.233 e. The summed E-state index contributed by atoms with van der Waals surface area (Å²) in [7, 11) is 0. The van der Waals surface area contributed by atoms with E-state index in [4.69, 9.17) is 5.73 Å². The first kappa shape index (κ1) is 12.8. The molecular formula is C16H18N4. The molecule has 0 amide bonds. The van der Waals surface area contributed by atoms with Crippen molar-refractivity contribution in [3.63, 3.8) is 0 Å². The number of aryl methyl sites for hydroxylation is 2. The Labute approximate surface area is 118 Å². The molecule has 4 heteroatoms. The molecule has 1 aromatic carbocycles. The average molecular weight is 266 g/mol. The molecule has 3 aromatic rings. The van der Waals surface area contributed by atoms with E-state index in [0.29, 0.717) is 6.54 Å². The van der Waals surface area contributed by atoms with Crippen molar-refractivity contribution >= 4 is 5.78 Å². The Kier molecular flexibility index (Phi) is 3.24. The lowest BCUT2D eigenvalue weighted by Gasteiger charge is -2.07. The van der Waals surface area contributed by atoms with Crippen LogP contribution in [0.3, 0.4) is 0 Å². The first-order valence-corrected chi connectivity index (χ1v) is 6.78. The predicted octanol–water partition coefficient (Wildman–Crippen LogP) is 2.51. The molecule has 0 unspecified atom stereocenters. The van der Waals surface area contributed by atoms with Gasteiger partial charge in [-0.3, -0.25) is 4.40 Å². The molecule has 20 heavy (non-hydrogen) atoms. The molecule has 102 valence electrons. The van der Waals surface area contributed by atoms with Crippen molar-refractivity contribution in [2.45, 2.75) is 20.3 Å². The molecule has 0 spiro atoms. The van der Waals surface area contributed by atoms with Crippen molar-refractivity contribution in [2.75, 3.05) is 6.54 Å². The highest BCUT2D eigenvalue weighted by atomic mass is 15.1.